The Bertz CT molecular complexity index is 465. The van der Waals surface area contributed by atoms with Crippen LogP contribution in [0.3, 0.4) is 0 Å². The third kappa shape index (κ3) is 1.30. The van der Waals surface area contributed by atoms with Crippen molar-refractivity contribution in [2.75, 3.05) is 6.61 Å². The highest BCUT2D eigenvalue weighted by molar-refractivity contribution is 5.85. The third-order valence-corrected chi connectivity index (χ3v) is 1.65. The average Bonchev–Trinajstić information content (AvgIpc) is 2.61. The van der Waals surface area contributed by atoms with E-state index in [1.54, 1.807) is 25.4 Å². The second-order valence-corrected chi connectivity index (χ2v) is 2.53. The quantitative estimate of drug-likeness (QED) is 0.640. The molecule has 0 aromatic carbocycles. The lowest BCUT2D eigenvalue weighted by Gasteiger charge is -1.98. The van der Waals surface area contributed by atoms with E-state index in [1.807, 2.05) is 0 Å². The van der Waals surface area contributed by atoms with Crippen molar-refractivity contribution in [1.82, 2.24) is 19.6 Å². The van der Waals surface area contributed by atoms with Crippen molar-refractivity contribution in [2.24, 2.45) is 0 Å². The number of hydrogen-bond acceptors (Lipinski definition) is 5. The lowest BCUT2D eigenvalue weighted by Crippen LogP contribution is -2.09. The summed E-state index contributed by atoms with van der Waals surface area (Å²) in [7, 11) is 0. The Morgan fingerprint density at radius 2 is 2.43 bits per heavy atom. The van der Waals surface area contributed by atoms with Gasteiger partial charge in [-0.05, 0) is 13.0 Å². The molecule has 0 spiro atoms. The monoisotopic (exact) mass is 192 g/mol. The summed E-state index contributed by atoms with van der Waals surface area (Å²) in [6, 6.07) is 1.69. The van der Waals surface area contributed by atoms with Crippen LogP contribution in [0.1, 0.15) is 17.5 Å². The summed E-state index contributed by atoms with van der Waals surface area (Å²) >= 11 is 0. The van der Waals surface area contributed by atoms with E-state index in [4.69, 9.17) is 4.74 Å². The molecule has 2 rings (SSSR count). The van der Waals surface area contributed by atoms with Crippen LogP contribution in [0, 0.1) is 0 Å². The number of nitrogens with zero attached hydrogens (tertiary/aromatic N) is 4. The lowest BCUT2D eigenvalue weighted by atomic mass is 10.6. The summed E-state index contributed by atoms with van der Waals surface area (Å²) in [5, 5.41) is 7.41. The summed E-state index contributed by atoms with van der Waals surface area (Å²) in [6.07, 6.45) is 3.24. The van der Waals surface area contributed by atoms with Gasteiger partial charge in [0.25, 0.3) is 5.78 Å². The molecule has 0 fully saturated rings. The van der Waals surface area contributed by atoms with Crippen molar-refractivity contribution < 1.29 is 9.53 Å². The fourth-order valence-electron chi connectivity index (χ4n) is 1.08. The van der Waals surface area contributed by atoms with Crippen molar-refractivity contribution in [3.8, 4) is 0 Å². The van der Waals surface area contributed by atoms with E-state index in [2.05, 4.69) is 15.2 Å². The summed E-state index contributed by atoms with van der Waals surface area (Å²) in [4.78, 5) is 15.3. The van der Waals surface area contributed by atoms with Gasteiger partial charge in [-0.3, -0.25) is 4.40 Å². The molecule has 2 aromatic rings. The molecule has 6 heteroatoms. The van der Waals surface area contributed by atoms with E-state index in [1.165, 1.54) is 4.40 Å². The maximum absolute atomic E-state index is 11.3. The molecule has 0 aliphatic rings. The number of aromatic nitrogens is 4. The minimum Gasteiger partial charge on any atom is -0.460 e. The van der Waals surface area contributed by atoms with Gasteiger partial charge in [-0.1, -0.05) is 0 Å². The molecular formula is C8H8N4O2. The Balaban J connectivity index is 2.47. The highest BCUT2D eigenvalue weighted by Crippen LogP contribution is 2.01. The minimum atomic E-state index is -0.493. The molecule has 0 bridgehead atoms. The Kier molecular flexibility index (Phi) is 2.10. The number of rotatable bonds is 2. The van der Waals surface area contributed by atoms with Crippen LogP contribution in [0.2, 0.25) is 0 Å². The summed E-state index contributed by atoms with van der Waals surface area (Å²) < 4.78 is 6.29. The van der Waals surface area contributed by atoms with E-state index < -0.39 is 5.97 Å². The van der Waals surface area contributed by atoms with Crippen LogP contribution >= 0.6 is 0 Å². The molecule has 0 saturated heterocycles. The zero-order valence-electron chi connectivity index (χ0n) is 7.54. The first-order valence-corrected chi connectivity index (χ1v) is 4.16. The molecule has 0 radical (unpaired) electrons. The Hall–Kier alpha value is -1.98. The fourth-order valence-corrected chi connectivity index (χ4v) is 1.08. The van der Waals surface area contributed by atoms with Gasteiger partial charge >= 0.3 is 5.97 Å². The predicted molar refractivity (Wildman–Crippen MR) is 46.7 cm³/mol. The van der Waals surface area contributed by atoms with Crippen molar-refractivity contribution in [2.45, 2.75) is 6.92 Å². The topological polar surface area (TPSA) is 69.4 Å². The number of fused-ring (bicyclic) bond motifs is 1. The molecule has 2 heterocycles. The van der Waals surface area contributed by atoms with Gasteiger partial charge in [-0.2, -0.15) is 0 Å². The second-order valence-electron chi connectivity index (χ2n) is 2.53. The molecule has 0 atom stereocenters. The SMILES string of the molecule is CCOC(=O)c1nnc2ncccn12. The zero-order chi connectivity index (χ0) is 9.97. The Morgan fingerprint density at radius 1 is 1.57 bits per heavy atom. The molecule has 2 aromatic heterocycles. The summed E-state index contributed by atoms with van der Waals surface area (Å²) in [5.74, 6) is 0.0403. The molecule has 0 N–H and O–H groups in total. The number of hydrogen-bond donors (Lipinski definition) is 0. The summed E-state index contributed by atoms with van der Waals surface area (Å²) in [5.41, 5.74) is 0. The molecule has 6 nitrogen and oxygen atoms in total. The summed E-state index contributed by atoms with van der Waals surface area (Å²) in [6.45, 7) is 2.05. The van der Waals surface area contributed by atoms with Crippen molar-refractivity contribution in [1.29, 1.82) is 0 Å². The van der Waals surface area contributed by atoms with Gasteiger partial charge in [0.05, 0.1) is 6.61 Å². The van der Waals surface area contributed by atoms with Crippen molar-refractivity contribution >= 4 is 11.7 Å². The van der Waals surface area contributed by atoms with Crippen LogP contribution < -0.4 is 0 Å². The van der Waals surface area contributed by atoms with Gasteiger partial charge in [-0.25, -0.2) is 9.78 Å². The maximum atomic E-state index is 11.3. The molecule has 0 amide bonds. The highest BCUT2D eigenvalue weighted by Gasteiger charge is 2.14. The number of ether oxygens (including phenoxy) is 1. The van der Waals surface area contributed by atoms with E-state index in [9.17, 15) is 4.79 Å². The fraction of sp³-hybridized carbons (Fsp3) is 0.250. The largest absolute Gasteiger partial charge is 0.460 e. The molecule has 0 aliphatic heterocycles. The number of carbonyl (C=O) groups excluding carboxylic acids is 1. The maximum Gasteiger partial charge on any atom is 0.376 e. The second kappa shape index (κ2) is 3.41. The van der Waals surface area contributed by atoms with Crippen molar-refractivity contribution in [3.63, 3.8) is 0 Å². The lowest BCUT2D eigenvalue weighted by molar-refractivity contribution is 0.0510. The number of carbonyl (C=O) groups is 1. The first kappa shape index (κ1) is 8.61. The average molecular weight is 192 g/mol. The van der Waals surface area contributed by atoms with Gasteiger partial charge in [0.15, 0.2) is 0 Å². The van der Waals surface area contributed by atoms with Crippen LogP contribution in [0.4, 0.5) is 0 Å². The van der Waals surface area contributed by atoms with E-state index in [-0.39, 0.29) is 5.82 Å². The van der Waals surface area contributed by atoms with Gasteiger partial charge in [-0.15, -0.1) is 10.2 Å². The minimum absolute atomic E-state index is 0.148. The van der Waals surface area contributed by atoms with E-state index in [0.717, 1.165) is 0 Å². The molecule has 0 unspecified atom stereocenters. The molecule has 0 aliphatic carbocycles. The Morgan fingerprint density at radius 3 is 3.21 bits per heavy atom. The van der Waals surface area contributed by atoms with E-state index >= 15 is 0 Å². The van der Waals surface area contributed by atoms with Crippen LogP contribution in [0.25, 0.3) is 5.78 Å². The first-order chi connectivity index (χ1) is 6.83. The standard InChI is InChI=1S/C8H8N4O2/c1-2-14-7(13)6-10-11-8-9-4-3-5-12(6)8/h3-5H,2H2,1H3. The van der Waals surface area contributed by atoms with Crippen LogP contribution in [-0.2, 0) is 4.74 Å². The normalized spacial score (nSPS) is 10.4. The van der Waals surface area contributed by atoms with E-state index in [0.29, 0.717) is 12.4 Å². The van der Waals surface area contributed by atoms with Gasteiger partial charge in [0, 0.05) is 12.4 Å². The molecular weight excluding hydrogens is 184 g/mol. The molecule has 72 valence electrons. The van der Waals surface area contributed by atoms with Crippen LogP contribution in [0.5, 0.6) is 0 Å². The Labute approximate surface area is 79.5 Å². The van der Waals surface area contributed by atoms with Crippen molar-refractivity contribution in [3.05, 3.63) is 24.3 Å². The van der Waals surface area contributed by atoms with Gasteiger partial charge in [0.2, 0.25) is 5.82 Å². The zero-order valence-corrected chi connectivity index (χ0v) is 7.54. The van der Waals surface area contributed by atoms with Gasteiger partial charge in [0.1, 0.15) is 0 Å². The predicted octanol–water partition coefficient (Wildman–Crippen LogP) is 0.301. The third-order valence-electron chi connectivity index (χ3n) is 1.65. The smallest absolute Gasteiger partial charge is 0.376 e. The number of esters is 1. The molecule has 14 heavy (non-hydrogen) atoms. The van der Waals surface area contributed by atoms with Crippen LogP contribution in [0.15, 0.2) is 18.5 Å². The van der Waals surface area contributed by atoms with Gasteiger partial charge < -0.3 is 4.74 Å². The first-order valence-electron chi connectivity index (χ1n) is 4.16. The highest BCUT2D eigenvalue weighted by atomic mass is 16.5. The molecule has 0 saturated carbocycles. The van der Waals surface area contributed by atoms with Crippen LogP contribution in [-0.4, -0.2) is 32.2 Å².